The number of carbonyl (C=O) groups is 1. The Balaban J connectivity index is 1.10. The van der Waals surface area contributed by atoms with E-state index in [1.165, 1.54) is 6.07 Å². The molecule has 0 aliphatic carbocycles. The van der Waals surface area contributed by atoms with E-state index < -0.39 is 11.8 Å². The van der Waals surface area contributed by atoms with Gasteiger partial charge in [-0.3, -0.25) is 4.90 Å². The highest BCUT2D eigenvalue weighted by Gasteiger charge is 2.26. The number of hydrogen-bond donors (Lipinski definition) is 1. The monoisotopic (exact) mass is 556 g/mol. The minimum Gasteiger partial charge on any atom is -0.478 e. The minimum absolute atomic E-state index is 0.0168. The van der Waals surface area contributed by atoms with Crippen molar-refractivity contribution in [3.05, 3.63) is 88.5 Å². The van der Waals surface area contributed by atoms with E-state index in [1.807, 2.05) is 18.2 Å². The van der Waals surface area contributed by atoms with Crippen molar-refractivity contribution in [3.8, 4) is 11.9 Å². The van der Waals surface area contributed by atoms with Gasteiger partial charge >= 0.3 is 5.97 Å². The lowest BCUT2D eigenvalue weighted by molar-refractivity contribution is -0.0491. The quantitative estimate of drug-likeness (QED) is 0.330. The van der Waals surface area contributed by atoms with E-state index in [9.17, 15) is 14.3 Å². The molecule has 4 aromatic rings. The third kappa shape index (κ3) is 5.84. The van der Waals surface area contributed by atoms with E-state index in [2.05, 4.69) is 14.8 Å². The molecule has 0 spiro atoms. The number of nitrogens with zero attached hydrogens (tertiary/aromatic N) is 6. The number of aromatic nitrogens is 3. The molecule has 1 unspecified atom stereocenters. The molecule has 6 rings (SSSR count). The lowest BCUT2D eigenvalue weighted by Crippen LogP contribution is -2.46. The molecule has 2 saturated heterocycles. The molecule has 5 heterocycles. The third-order valence-corrected chi connectivity index (χ3v) is 7.63. The molecule has 11 heteroatoms. The second-order valence-corrected chi connectivity index (χ2v) is 10.3. The lowest BCUT2D eigenvalue weighted by atomic mass is 10.0. The van der Waals surface area contributed by atoms with Gasteiger partial charge in [-0.2, -0.15) is 15.3 Å². The molecule has 0 saturated carbocycles. The molecule has 3 aromatic heterocycles. The molecule has 41 heavy (non-hydrogen) atoms. The van der Waals surface area contributed by atoms with Gasteiger partial charge in [0.25, 0.3) is 0 Å². The van der Waals surface area contributed by atoms with Gasteiger partial charge < -0.3 is 19.5 Å². The zero-order chi connectivity index (χ0) is 28.3. The summed E-state index contributed by atoms with van der Waals surface area (Å²) < 4.78 is 27.4. The summed E-state index contributed by atoms with van der Waals surface area (Å²) in [6, 6.07) is 15.1. The summed E-state index contributed by atoms with van der Waals surface area (Å²) in [6.45, 7) is 4.56. The van der Waals surface area contributed by atoms with Crippen molar-refractivity contribution in [1.82, 2.24) is 19.5 Å². The molecule has 0 bridgehead atoms. The van der Waals surface area contributed by atoms with Crippen LogP contribution in [0.2, 0.25) is 0 Å². The maximum absolute atomic E-state index is 14.2. The van der Waals surface area contributed by atoms with Crippen LogP contribution in [0.5, 0.6) is 5.88 Å². The summed E-state index contributed by atoms with van der Waals surface area (Å²) in [5.74, 6) is -0.240. The zero-order valence-electron chi connectivity index (χ0n) is 22.4. The number of rotatable bonds is 9. The normalized spacial score (nSPS) is 17.3. The van der Waals surface area contributed by atoms with Crippen LogP contribution in [-0.2, 0) is 24.3 Å². The van der Waals surface area contributed by atoms with Gasteiger partial charge in [0.15, 0.2) is 0 Å². The minimum atomic E-state index is -0.957. The van der Waals surface area contributed by atoms with Crippen LogP contribution < -0.4 is 9.64 Å². The fraction of sp³-hybridized carbons (Fsp3) is 0.333. The van der Waals surface area contributed by atoms with Crippen LogP contribution in [0.4, 0.5) is 10.2 Å². The smallest absolute Gasteiger partial charge is 0.335 e. The number of halogens is 1. The van der Waals surface area contributed by atoms with Gasteiger partial charge in [0.2, 0.25) is 5.88 Å². The predicted octanol–water partition coefficient (Wildman–Crippen LogP) is 3.67. The number of nitriles is 1. The summed E-state index contributed by atoms with van der Waals surface area (Å²) in [5, 5.41) is 23.2. The van der Waals surface area contributed by atoms with Crippen molar-refractivity contribution in [2.45, 2.75) is 32.1 Å². The van der Waals surface area contributed by atoms with Crippen molar-refractivity contribution >= 4 is 17.3 Å². The molecule has 1 aromatic carbocycles. The number of piperazine rings is 1. The first-order valence-electron chi connectivity index (χ1n) is 13.6. The van der Waals surface area contributed by atoms with E-state index in [0.29, 0.717) is 24.4 Å². The maximum Gasteiger partial charge on any atom is 0.335 e. The number of carboxylic acids is 1. The number of anilines is 1. The molecule has 210 valence electrons. The standard InChI is InChI=1S/C30H29FN6O4/c31-25-14-20(17-32)4-5-22(25)19-41-29-3-1-2-28(33-29)36-11-9-35(10-12-36)18-26-24(16-23-7-13-40-23)27-15-21(30(38)39)6-8-37(27)34-26/h1-6,8,14-15,23H,7,9-13,16,18-19H2,(H,38,39). The van der Waals surface area contributed by atoms with Gasteiger partial charge in [-0.15, -0.1) is 0 Å². The molecule has 1 N–H and O–H groups in total. The largest absolute Gasteiger partial charge is 0.478 e. The number of benzene rings is 1. The van der Waals surface area contributed by atoms with Crippen molar-refractivity contribution < 1.29 is 23.8 Å². The van der Waals surface area contributed by atoms with Gasteiger partial charge in [0.05, 0.1) is 34.5 Å². The van der Waals surface area contributed by atoms with Crippen molar-refractivity contribution in [1.29, 1.82) is 5.26 Å². The van der Waals surface area contributed by atoms with Crippen molar-refractivity contribution in [2.75, 3.05) is 37.7 Å². The molecule has 1 atom stereocenters. The Morgan fingerprint density at radius 1 is 1.17 bits per heavy atom. The Hall–Kier alpha value is -4.53. The number of aromatic carboxylic acids is 1. The molecule has 10 nitrogen and oxygen atoms in total. The van der Waals surface area contributed by atoms with Gasteiger partial charge in [0, 0.05) is 69.1 Å². The van der Waals surface area contributed by atoms with Gasteiger partial charge in [-0.25, -0.2) is 13.7 Å². The van der Waals surface area contributed by atoms with Gasteiger partial charge in [-0.05, 0) is 36.8 Å². The Kier molecular flexibility index (Phi) is 7.50. The third-order valence-electron chi connectivity index (χ3n) is 7.63. The average Bonchev–Trinajstić information content (AvgIpc) is 3.30. The second kappa shape index (κ2) is 11.5. The van der Waals surface area contributed by atoms with E-state index >= 15 is 0 Å². The number of hydrogen-bond acceptors (Lipinski definition) is 8. The Morgan fingerprint density at radius 2 is 2.00 bits per heavy atom. The number of ether oxygens (including phenoxy) is 2. The van der Waals surface area contributed by atoms with Gasteiger partial charge in [-0.1, -0.05) is 12.1 Å². The SMILES string of the molecule is N#Cc1ccc(COc2cccc(N3CCN(Cc4nn5ccc(C(=O)O)cc5c4CC4CCO4)CC3)n2)c(F)c1. The summed E-state index contributed by atoms with van der Waals surface area (Å²) in [7, 11) is 0. The second-order valence-electron chi connectivity index (χ2n) is 10.3. The summed E-state index contributed by atoms with van der Waals surface area (Å²) in [5.41, 5.74) is 3.68. The molecule has 0 amide bonds. The van der Waals surface area contributed by atoms with Crippen LogP contribution in [0.1, 0.15) is 39.2 Å². The fourth-order valence-corrected chi connectivity index (χ4v) is 5.19. The maximum atomic E-state index is 14.2. The van der Waals surface area contributed by atoms with Crippen LogP contribution in [0.25, 0.3) is 5.52 Å². The topological polar surface area (TPSA) is 116 Å². The van der Waals surface area contributed by atoms with E-state index in [-0.39, 0.29) is 23.8 Å². The van der Waals surface area contributed by atoms with Crippen LogP contribution >= 0.6 is 0 Å². The predicted molar refractivity (Wildman–Crippen MR) is 147 cm³/mol. The van der Waals surface area contributed by atoms with Crippen LogP contribution in [0.15, 0.2) is 54.7 Å². The zero-order valence-corrected chi connectivity index (χ0v) is 22.4. The highest BCUT2D eigenvalue weighted by molar-refractivity contribution is 5.89. The average molecular weight is 557 g/mol. The van der Waals surface area contributed by atoms with E-state index in [4.69, 9.17) is 19.8 Å². The first-order valence-corrected chi connectivity index (χ1v) is 13.6. The molecule has 2 aliphatic rings. The Labute approximate surface area is 236 Å². The molecule has 0 radical (unpaired) electrons. The molecular formula is C30H29FN6O4. The summed E-state index contributed by atoms with van der Waals surface area (Å²) >= 11 is 0. The van der Waals surface area contributed by atoms with E-state index in [1.54, 1.807) is 41.0 Å². The van der Waals surface area contributed by atoms with Crippen LogP contribution in [-0.4, -0.2) is 69.5 Å². The first-order chi connectivity index (χ1) is 20.0. The molecule has 2 aliphatic heterocycles. The van der Waals surface area contributed by atoms with Crippen molar-refractivity contribution in [2.24, 2.45) is 0 Å². The van der Waals surface area contributed by atoms with Crippen molar-refractivity contribution in [3.63, 3.8) is 0 Å². The molecule has 2 fully saturated rings. The Bertz CT molecular complexity index is 1620. The number of pyridine rings is 2. The van der Waals surface area contributed by atoms with E-state index in [0.717, 1.165) is 61.8 Å². The first kappa shape index (κ1) is 26.7. The molecular weight excluding hydrogens is 527 g/mol. The lowest BCUT2D eigenvalue weighted by Gasteiger charge is -2.35. The summed E-state index contributed by atoms with van der Waals surface area (Å²) in [6.07, 6.45) is 3.56. The van der Waals surface area contributed by atoms with Crippen LogP contribution in [0, 0.1) is 17.1 Å². The highest BCUT2D eigenvalue weighted by atomic mass is 19.1. The number of carboxylic acid groups (broad SMARTS) is 1. The van der Waals surface area contributed by atoms with Gasteiger partial charge in [0.1, 0.15) is 18.2 Å². The number of fused-ring (bicyclic) bond motifs is 1. The summed E-state index contributed by atoms with van der Waals surface area (Å²) in [4.78, 5) is 20.7. The van der Waals surface area contributed by atoms with Crippen LogP contribution in [0.3, 0.4) is 0 Å². The Morgan fingerprint density at radius 3 is 2.71 bits per heavy atom. The fourth-order valence-electron chi connectivity index (χ4n) is 5.19. The highest BCUT2D eigenvalue weighted by Crippen LogP contribution is 2.26.